The maximum atomic E-state index is 14.7. The Hall–Kier alpha value is -3.82. The fraction of sp³-hybridized carbons (Fsp3) is 0.278. The third-order valence-corrected chi connectivity index (χ3v) is 7.40. The summed E-state index contributed by atoms with van der Waals surface area (Å²) >= 11 is 0. The first-order valence-electron chi connectivity index (χ1n) is 14.1. The van der Waals surface area contributed by atoms with Gasteiger partial charge in [-0.05, 0) is 24.0 Å². The predicted octanol–water partition coefficient (Wildman–Crippen LogP) is 8.94. The van der Waals surface area contributed by atoms with Gasteiger partial charge in [-0.1, -0.05) is 161 Å². The van der Waals surface area contributed by atoms with Crippen LogP contribution >= 0.6 is 0 Å². The quantitative estimate of drug-likeness (QED) is 0.157. The van der Waals surface area contributed by atoms with Crippen molar-refractivity contribution in [2.45, 2.75) is 63.6 Å². The average molecular weight is 519 g/mol. The molecule has 0 aliphatic carbocycles. The van der Waals surface area contributed by atoms with Crippen LogP contribution in [0.5, 0.6) is 0 Å². The van der Waals surface area contributed by atoms with Crippen LogP contribution in [-0.4, -0.2) is 11.6 Å². The van der Waals surface area contributed by atoms with E-state index in [0.717, 1.165) is 36.8 Å². The van der Waals surface area contributed by atoms with Gasteiger partial charge in [0, 0.05) is 11.1 Å². The minimum atomic E-state index is -1.35. The summed E-state index contributed by atoms with van der Waals surface area (Å²) in [7, 11) is 0. The van der Waals surface area contributed by atoms with Crippen LogP contribution in [0.4, 0.5) is 0 Å². The number of benzene rings is 4. The first-order valence-corrected chi connectivity index (χ1v) is 14.1. The zero-order valence-electron chi connectivity index (χ0n) is 23.0. The summed E-state index contributed by atoms with van der Waals surface area (Å²) in [4.78, 5) is 29.4. The third kappa shape index (κ3) is 6.10. The smallest absolute Gasteiger partial charge is 0.199 e. The highest BCUT2D eigenvalue weighted by Crippen LogP contribution is 2.46. The molecule has 39 heavy (non-hydrogen) atoms. The molecule has 0 saturated carbocycles. The van der Waals surface area contributed by atoms with E-state index in [1.807, 2.05) is 121 Å². The van der Waals surface area contributed by atoms with E-state index in [2.05, 4.69) is 13.8 Å². The molecule has 0 radical (unpaired) electrons. The molecule has 200 valence electrons. The van der Waals surface area contributed by atoms with E-state index in [9.17, 15) is 9.59 Å². The van der Waals surface area contributed by atoms with E-state index in [4.69, 9.17) is 4.74 Å². The maximum absolute atomic E-state index is 14.7. The summed E-state index contributed by atoms with van der Waals surface area (Å²) in [6, 6.07) is 38.1. The van der Waals surface area contributed by atoms with Gasteiger partial charge in [0.1, 0.15) is 0 Å². The van der Waals surface area contributed by atoms with Crippen LogP contribution in [0.1, 0.15) is 84.2 Å². The number of carbonyl (C=O) groups is 2. The molecule has 2 unspecified atom stereocenters. The van der Waals surface area contributed by atoms with Crippen molar-refractivity contribution in [1.82, 2.24) is 0 Å². The van der Waals surface area contributed by atoms with E-state index in [0.29, 0.717) is 24.0 Å². The monoisotopic (exact) mass is 518 g/mol. The molecular formula is C36H38O3. The van der Waals surface area contributed by atoms with Crippen molar-refractivity contribution in [3.63, 3.8) is 0 Å². The Morgan fingerprint density at radius 2 is 0.821 bits per heavy atom. The Morgan fingerprint density at radius 3 is 1.13 bits per heavy atom. The number of unbranched alkanes of at least 4 members (excludes halogenated alkanes) is 2. The SMILES string of the molecule is CCCCC(OC(CCCC)(C(=O)c1ccccc1)c1ccccc1)(C(=O)c1ccccc1)c1ccccc1. The molecule has 0 heterocycles. The molecule has 0 bridgehead atoms. The van der Waals surface area contributed by atoms with Crippen molar-refractivity contribution in [2.24, 2.45) is 0 Å². The molecule has 0 N–H and O–H groups in total. The molecule has 4 aromatic rings. The van der Waals surface area contributed by atoms with E-state index in [1.54, 1.807) is 0 Å². The molecule has 3 nitrogen and oxygen atoms in total. The van der Waals surface area contributed by atoms with Gasteiger partial charge in [-0.15, -0.1) is 0 Å². The van der Waals surface area contributed by atoms with E-state index in [1.165, 1.54) is 0 Å². The van der Waals surface area contributed by atoms with Crippen LogP contribution in [0.25, 0.3) is 0 Å². The summed E-state index contributed by atoms with van der Waals surface area (Å²) in [6.07, 6.45) is 4.24. The molecule has 0 amide bonds. The molecular weight excluding hydrogens is 480 g/mol. The van der Waals surface area contributed by atoms with Gasteiger partial charge in [0.2, 0.25) is 0 Å². The Bertz CT molecular complexity index is 1210. The second kappa shape index (κ2) is 13.3. The Morgan fingerprint density at radius 1 is 0.513 bits per heavy atom. The van der Waals surface area contributed by atoms with Gasteiger partial charge in [-0.2, -0.15) is 0 Å². The summed E-state index contributed by atoms with van der Waals surface area (Å²) in [5.41, 5.74) is -0.0293. The number of Topliss-reactive ketones (excluding diaryl/α,β-unsaturated/α-hetero) is 2. The summed E-state index contributed by atoms with van der Waals surface area (Å²) in [6.45, 7) is 4.22. The van der Waals surface area contributed by atoms with Gasteiger partial charge in [0.05, 0.1) is 0 Å². The molecule has 0 fully saturated rings. The van der Waals surface area contributed by atoms with Crippen LogP contribution in [0.3, 0.4) is 0 Å². The second-order valence-electron chi connectivity index (χ2n) is 10.1. The molecule has 4 aromatic carbocycles. The minimum absolute atomic E-state index is 0.125. The van der Waals surface area contributed by atoms with Gasteiger partial charge >= 0.3 is 0 Å². The van der Waals surface area contributed by atoms with Crippen LogP contribution < -0.4 is 0 Å². The van der Waals surface area contributed by atoms with Gasteiger partial charge < -0.3 is 4.74 Å². The summed E-state index contributed by atoms with van der Waals surface area (Å²) in [5.74, 6) is -0.249. The van der Waals surface area contributed by atoms with Crippen LogP contribution in [-0.2, 0) is 15.9 Å². The van der Waals surface area contributed by atoms with Crippen molar-refractivity contribution in [1.29, 1.82) is 0 Å². The Labute approximate surface area is 232 Å². The van der Waals surface area contributed by atoms with E-state index in [-0.39, 0.29) is 11.6 Å². The molecule has 3 heteroatoms. The highest BCUT2D eigenvalue weighted by molar-refractivity contribution is 6.05. The Kier molecular flexibility index (Phi) is 9.62. The van der Waals surface area contributed by atoms with Crippen molar-refractivity contribution in [2.75, 3.05) is 0 Å². The van der Waals surface area contributed by atoms with Crippen molar-refractivity contribution >= 4 is 11.6 Å². The predicted molar refractivity (Wildman–Crippen MR) is 158 cm³/mol. The first kappa shape index (κ1) is 28.2. The van der Waals surface area contributed by atoms with E-state index >= 15 is 0 Å². The highest BCUT2D eigenvalue weighted by atomic mass is 16.5. The largest absolute Gasteiger partial charge is 0.343 e. The number of carbonyl (C=O) groups excluding carboxylic acids is 2. The van der Waals surface area contributed by atoms with Crippen LogP contribution in [0.2, 0.25) is 0 Å². The zero-order valence-corrected chi connectivity index (χ0v) is 23.0. The molecule has 0 spiro atoms. The lowest BCUT2D eigenvalue weighted by molar-refractivity contribution is -0.130. The molecule has 0 aliphatic heterocycles. The Balaban J connectivity index is 2.01. The lowest BCUT2D eigenvalue weighted by Crippen LogP contribution is -2.50. The lowest BCUT2D eigenvalue weighted by atomic mass is 9.77. The standard InChI is InChI=1S/C36H38O3/c1-3-5-27-35(31-23-15-9-16-24-31,33(37)29-19-11-7-12-20-29)39-36(28-6-4-2,32-25-17-10-18-26-32)34(38)30-21-13-8-14-22-30/h7-26H,3-6,27-28H2,1-2H3. The third-order valence-electron chi connectivity index (χ3n) is 7.40. The van der Waals surface area contributed by atoms with Crippen LogP contribution in [0, 0.1) is 0 Å². The van der Waals surface area contributed by atoms with Crippen LogP contribution in [0.15, 0.2) is 121 Å². The first-order chi connectivity index (χ1) is 19.1. The lowest BCUT2D eigenvalue weighted by Gasteiger charge is -2.43. The molecule has 2 atom stereocenters. The summed E-state index contributed by atoms with van der Waals surface area (Å²) in [5, 5.41) is 0. The molecule has 0 aliphatic rings. The van der Waals surface area contributed by atoms with E-state index < -0.39 is 11.2 Å². The van der Waals surface area contributed by atoms with Gasteiger partial charge in [-0.25, -0.2) is 0 Å². The van der Waals surface area contributed by atoms with Crippen molar-refractivity contribution in [3.05, 3.63) is 144 Å². The average Bonchev–Trinajstić information content (AvgIpc) is 3.02. The minimum Gasteiger partial charge on any atom is -0.343 e. The number of hydrogen-bond acceptors (Lipinski definition) is 3. The van der Waals surface area contributed by atoms with Gasteiger partial charge in [-0.3, -0.25) is 9.59 Å². The summed E-state index contributed by atoms with van der Waals surface area (Å²) < 4.78 is 7.34. The molecule has 0 aromatic heterocycles. The van der Waals surface area contributed by atoms with Gasteiger partial charge in [0.25, 0.3) is 0 Å². The topological polar surface area (TPSA) is 43.4 Å². The maximum Gasteiger partial charge on any atom is 0.199 e. The normalized spacial score (nSPS) is 14.2. The number of ether oxygens (including phenoxy) is 1. The zero-order chi connectivity index (χ0) is 27.6. The fourth-order valence-electron chi connectivity index (χ4n) is 5.30. The number of rotatable bonds is 14. The molecule has 0 saturated heterocycles. The highest BCUT2D eigenvalue weighted by Gasteiger charge is 2.52. The van der Waals surface area contributed by atoms with Crippen molar-refractivity contribution in [3.8, 4) is 0 Å². The number of hydrogen-bond donors (Lipinski definition) is 0. The van der Waals surface area contributed by atoms with Crippen molar-refractivity contribution < 1.29 is 14.3 Å². The fourth-order valence-corrected chi connectivity index (χ4v) is 5.30. The molecule has 4 rings (SSSR count). The second-order valence-corrected chi connectivity index (χ2v) is 10.1. The number of ketones is 2. The van der Waals surface area contributed by atoms with Gasteiger partial charge in [0.15, 0.2) is 22.8 Å².